The summed E-state index contributed by atoms with van der Waals surface area (Å²) in [4.78, 5) is 16.2. The number of carbonyl (C=O) groups is 1. The van der Waals surface area contributed by atoms with E-state index in [-0.39, 0.29) is 12.3 Å². The molecule has 1 aromatic carbocycles. The summed E-state index contributed by atoms with van der Waals surface area (Å²) in [6, 6.07) is 8.92. The summed E-state index contributed by atoms with van der Waals surface area (Å²) in [6.07, 6.45) is 2.16. The minimum Gasteiger partial charge on any atom is -0.493 e. The molecule has 26 heavy (non-hydrogen) atoms. The Morgan fingerprint density at radius 3 is 2.77 bits per heavy atom. The normalized spacial score (nSPS) is 10.5. The van der Waals surface area contributed by atoms with Crippen LogP contribution in [0.1, 0.15) is 18.1 Å². The molecule has 1 N–H and O–H groups in total. The van der Waals surface area contributed by atoms with Gasteiger partial charge in [-0.2, -0.15) is 4.98 Å². The quantitative estimate of drug-likeness (QED) is 0.661. The van der Waals surface area contributed by atoms with Gasteiger partial charge in [0.05, 0.1) is 27.0 Å². The van der Waals surface area contributed by atoms with Crippen molar-refractivity contribution >= 4 is 5.91 Å². The fourth-order valence-electron chi connectivity index (χ4n) is 2.36. The zero-order chi connectivity index (χ0) is 18.4. The molecular weight excluding hydrogens is 338 g/mol. The van der Waals surface area contributed by atoms with Gasteiger partial charge in [0.25, 0.3) is 0 Å². The minimum absolute atomic E-state index is 0.118. The molecule has 0 aliphatic rings. The zero-order valence-electron chi connectivity index (χ0n) is 14.5. The molecule has 0 unspecified atom stereocenters. The van der Waals surface area contributed by atoms with Gasteiger partial charge in [0.2, 0.25) is 17.6 Å². The number of hydrogen-bond acceptors (Lipinski definition) is 7. The molecule has 0 fully saturated rings. The van der Waals surface area contributed by atoms with Gasteiger partial charge < -0.3 is 23.7 Å². The van der Waals surface area contributed by atoms with Crippen molar-refractivity contribution in [3.63, 3.8) is 0 Å². The van der Waals surface area contributed by atoms with E-state index in [2.05, 4.69) is 15.5 Å². The van der Waals surface area contributed by atoms with Crippen LogP contribution in [-0.2, 0) is 17.8 Å². The van der Waals surface area contributed by atoms with E-state index in [1.165, 1.54) is 0 Å². The van der Waals surface area contributed by atoms with Crippen molar-refractivity contribution in [3.05, 3.63) is 48.2 Å². The highest BCUT2D eigenvalue weighted by molar-refractivity contribution is 5.75. The van der Waals surface area contributed by atoms with Gasteiger partial charge in [-0.1, -0.05) is 5.16 Å². The van der Waals surface area contributed by atoms with Crippen LogP contribution in [0.15, 0.2) is 45.5 Å². The Morgan fingerprint density at radius 1 is 1.19 bits per heavy atom. The maximum atomic E-state index is 11.9. The lowest BCUT2D eigenvalue weighted by atomic mass is 10.2. The molecule has 0 radical (unpaired) electrons. The number of benzene rings is 1. The Hall–Kier alpha value is -3.29. The van der Waals surface area contributed by atoms with Gasteiger partial charge in [-0.3, -0.25) is 4.79 Å². The van der Waals surface area contributed by atoms with Crippen molar-refractivity contribution in [2.24, 2.45) is 0 Å². The minimum atomic E-state index is -0.118. The summed E-state index contributed by atoms with van der Waals surface area (Å²) < 4.78 is 20.9. The molecule has 0 aliphatic heterocycles. The van der Waals surface area contributed by atoms with Gasteiger partial charge >= 0.3 is 0 Å². The number of rotatable bonds is 8. The molecular formula is C18H19N3O5. The average Bonchev–Trinajstić information content (AvgIpc) is 3.36. The van der Waals surface area contributed by atoms with Crippen LogP contribution in [0.2, 0.25) is 0 Å². The van der Waals surface area contributed by atoms with Crippen molar-refractivity contribution in [3.8, 4) is 22.9 Å². The van der Waals surface area contributed by atoms with Crippen LogP contribution in [0.4, 0.5) is 0 Å². The molecule has 1 amide bonds. The fourth-order valence-corrected chi connectivity index (χ4v) is 2.36. The maximum Gasteiger partial charge on any atom is 0.227 e. The molecule has 136 valence electrons. The molecule has 0 atom stereocenters. The Labute approximate surface area is 150 Å². The van der Waals surface area contributed by atoms with Crippen molar-refractivity contribution in [1.29, 1.82) is 0 Å². The van der Waals surface area contributed by atoms with E-state index in [1.807, 2.05) is 6.07 Å². The van der Waals surface area contributed by atoms with Crippen LogP contribution >= 0.6 is 0 Å². The highest BCUT2D eigenvalue weighted by atomic mass is 16.5. The third kappa shape index (κ3) is 4.21. The van der Waals surface area contributed by atoms with Crippen molar-refractivity contribution in [2.75, 3.05) is 14.2 Å². The molecule has 8 heteroatoms. The first-order valence-corrected chi connectivity index (χ1v) is 8.03. The SMILES string of the molecule is COc1ccc(-c2noc(CCC(=O)NCc3ccco3)n2)cc1OC. The third-order valence-electron chi connectivity index (χ3n) is 3.72. The molecule has 0 spiro atoms. The fraction of sp³-hybridized carbons (Fsp3) is 0.278. The number of amides is 1. The van der Waals surface area contributed by atoms with Gasteiger partial charge in [0.1, 0.15) is 5.76 Å². The van der Waals surface area contributed by atoms with E-state index in [0.29, 0.717) is 41.9 Å². The molecule has 0 saturated heterocycles. The van der Waals surface area contributed by atoms with Crippen LogP contribution in [0, 0.1) is 0 Å². The predicted octanol–water partition coefficient (Wildman–Crippen LogP) is 2.60. The molecule has 3 rings (SSSR count). The first-order valence-electron chi connectivity index (χ1n) is 8.03. The lowest BCUT2D eigenvalue weighted by Gasteiger charge is -2.07. The van der Waals surface area contributed by atoms with Crippen LogP contribution in [-0.4, -0.2) is 30.3 Å². The Morgan fingerprint density at radius 2 is 2.04 bits per heavy atom. The molecule has 0 aliphatic carbocycles. The van der Waals surface area contributed by atoms with E-state index >= 15 is 0 Å². The lowest BCUT2D eigenvalue weighted by molar-refractivity contribution is -0.121. The van der Waals surface area contributed by atoms with Crippen LogP contribution in [0.25, 0.3) is 11.4 Å². The second-order valence-corrected chi connectivity index (χ2v) is 5.44. The second kappa shape index (κ2) is 8.19. The number of nitrogens with one attached hydrogen (secondary N) is 1. The smallest absolute Gasteiger partial charge is 0.227 e. The van der Waals surface area contributed by atoms with Crippen LogP contribution in [0.3, 0.4) is 0 Å². The molecule has 3 aromatic rings. The third-order valence-corrected chi connectivity index (χ3v) is 3.72. The summed E-state index contributed by atoms with van der Waals surface area (Å²) in [5, 5.41) is 6.72. The zero-order valence-corrected chi connectivity index (χ0v) is 14.5. The van der Waals surface area contributed by atoms with E-state index in [9.17, 15) is 4.79 Å². The van der Waals surface area contributed by atoms with Crippen molar-refractivity contribution in [2.45, 2.75) is 19.4 Å². The molecule has 0 saturated carbocycles. The Kier molecular flexibility index (Phi) is 5.52. The number of methoxy groups -OCH3 is 2. The van der Waals surface area contributed by atoms with Gasteiger partial charge in [-0.05, 0) is 30.3 Å². The summed E-state index contributed by atoms with van der Waals surface area (Å²) in [7, 11) is 3.13. The van der Waals surface area contributed by atoms with Crippen molar-refractivity contribution < 1.29 is 23.2 Å². The van der Waals surface area contributed by atoms with Crippen molar-refractivity contribution in [1.82, 2.24) is 15.5 Å². The molecule has 0 bridgehead atoms. The highest BCUT2D eigenvalue weighted by Crippen LogP contribution is 2.31. The number of nitrogens with zero attached hydrogens (tertiary/aromatic N) is 2. The summed E-state index contributed by atoms with van der Waals surface area (Å²) in [6.45, 7) is 0.354. The standard InChI is InChI=1S/C18H19N3O5/c1-23-14-6-5-12(10-15(14)24-2)18-20-17(26-21-18)8-7-16(22)19-11-13-4-3-9-25-13/h3-6,9-10H,7-8,11H2,1-2H3,(H,19,22). The van der Waals surface area contributed by atoms with E-state index in [4.69, 9.17) is 18.4 Å². The Bertz CT molecular complexity index is 858. The first-order chi connectivity index (χ1) is 12.7. The largest absolute Gasteiger partial charge is 0.493 e. The average molecular weight is 357 g/mol. The second-order valence-electron chi connectivity index (χ2n) is 5.44. The summed E-state index contributed by atoms with van der Waals surface area (Å²) in [5.41, 5.74) is 0.736. The van der Waals surface area contributed by atoms with Crippen LogP contribution in [0.5, 0.6) is 11.5 Å². The van der Waals surface area contributed by atoms with Gasteiger partial charge in [0.15, 0.2) is 11.5 Å². The highest BCUT2D eigenvalue weighted by Gasteiger charge is 2.13. The number of hydrogen-bond donors (Lipinski definition) is 1. The van der Waals surface area contributed by atoms with Gasteiger partial charge in [-0.15, -0.1) is 0 Å². The first kappa shape index (κ1) is 17.5. The predicted molar refractivity (Wildman–Crippen MR) is 91.7 cm³/mol. The maximum absolute atomic E-state index is 11.9. The van der Waals surface area contributed by atoms with Crippen LogP contribution < -0.4 is 14.8 Å². The number of carbonyl (C=O) groups excluding carboxylic acids is 1. The lowest BCUT2D eigenvalue weighted by Crippen LogP contribution is -2.22. The topological polar surface area (TPSA) is 99.6 Å². The van der Waals surface area contributed by atoms with E-state index < -0.39 is 0 Å². The van der Waals surface area contributed by atoms with Gasteiger partial charge in [-0.25, -0.2) is 0 Å². The Balaban J connectivity index is 1.57. The number of furan rings is 1. The molecule has 8 nitrogen and oxygen atoms in total. The molecule has 2 aromatic heterocycles. The number of aryl methyl sites for hydroxylation is 1. The number of ether oxygens (including phenoxy) is 2. The van der Waals surface area contributed by atoms with E-state index in [0.717, 1.165) is 5.56 Å². The van der Waals surface area contributed by atoms with Gasteiger partial charge in [0, 0.05) is 18.4 Å². The summed E-state index contributed by atoms with van der Waals surface area (Å²) >= 11 is 0. The van der Waals surface area contributed by atoms with E-state index in [1.54, 1.807) is 44.7 Å². The summed E-state index contributed by atoms with van der Waals surface area (Å²) in [5.74, 6) is 2.60. The molecule has 2 heterocycles. The monoisotopic (exact) mass is 357 g/mol. The number of aromatic nitrogens is 2.